The molecule has 4 N–H and O–H groups in total. The molecule has 0 aliphatic carbocycles. The second-order valence-electron chi connectivity index (χ2n) is 10.2. The molecule has 3 aromatic carbocycles. The molecule has 240 valence electrons. The molecule has 3 unspecified atom stereocenters. The van der Waals surface area contributed by atoms with E-state index in [1.165, 1.54) is 55.6 Å². The standard InChI is InChI=1S/C33H30F3N3O7/c1-45-29(42)24-17-15-22(16-18-24)20-46-31(44)32(37,39-26(13-8-14-27(39)40)23-11-6-3-7-12-23)30(43)38-25(28(41)33(34,35)36)19-21-9-4-2-5-10-21/h2-18,25,28,41H,19-20,37H2,1H3,(H,38,43). The van der Waals surface area contributed by atoms with Gasteiger partial charge in [0.1, 0.15) is 6.61 Å². The summed E-state index contributed by atoms with van der Waals surface area (Å²) in [6, 6.07) is 23.3. The predicted molar refractivity (Wildman–Crippen MR) is 160 cm³/mol. The molecule has 0 aliphatic rings. The molecule has 0 saturated carbocycles. The Morgan fingerprint density at radius 3 is 2.07 bits per heavy atom. The van der Waals surface area contributed by atoms with Crippen molar-refractivity contribution in [2.24, 2.45) is 5.73 Å². The Morgan fingerprint density at radius 2 is 1.48 bits per heavy atom. The van der Waals surface area contributed by atoms with Crippen molar-refractivity contribution >= 4 is 17.8 Å². The molecule has 0 fully saturated rings. The van der Waals surface area contributed by atoms with E-state index in [1.54, 1.807) is 48.5 Å². The summed E-state index contributed by atoms with van der Waals surface area (Å²) in [5.74, 6) is -3.62. The molecule has 4 rings (SSSR count). The second-order valence-corrected chi connectivity index (χ2v) is 10.2. The van der Waals surface area contributed by atoms with Gasteiger partial charge in [-0.2, -0.15) is 13.2 Å². The number of aliphatic hydroxyl groups is 1. The topological polar surface area (TPSA) is 150 Å². The number of rotatable bonds is 11. The van der Waals surface area contributed by atoms with Gasteiger partial charge in [-0.05, 0) is 41.3 Å². The van der Waals surface area contributed by atoms with Crippen molar-refractivity contribution in [3.8, 4) is 11.3 Å². The predicted octanol–water partition coefficient (Wildman–Crippen LogP) is 3.31. The zero-order valence-electron chi connectivity index (χ0n) is 24.4. The summed E-state index contributed by atoms with van der Waals surface area (Å²) in [4.78, 5) is 53.0. The molecule has 1 aromatic heterocycles. The first kappa shape index (κ1) is 33.6. The first-order chi connectivity index (χ1) is 21.9. The lowest BCUT2D eigenvalue weighted by atomic mass is 9.99. The SMILES string of the molecule is COC(=O)c1ccc(COC(=O)C(N)(C(=O)NC(Cc2ccccc2)C(O)C(F)(F)F)n2c(-c3ccccc3)cccc2=O)cc1. The number of nitrogens with two attached hydrogens (primary N) is 1. The number of pyridine rings is 1. The van der Waals surface area contributed by atoms with E-state index in [0.29, 0.717) is 21.3 Å². The van der Waals surface area contributed by atoms with Gasteiger partial charge in [0, 0.05) is 6.07 Å². The van der Waals surface area contributed by atoms with Crippen LogP contribution in [-0.2, 0) is 37.8 Å². The number of carbonyl (C=O) groups excluding carboxylic acids is 3. The van der Waals surface area contributed by atoms with E-state index in [0.717, 1.165) is 6.07 Å². The van der Waals surface area contributed by atoms with Crippen LogP contribution in [0.5, 0.6) is 0 Å². The maximum Gasteiger partial charge on any atom is 0.416 e. The highest BCUT2D eigenvalue weighted by molar-refractivity contribution is 6.05. The third-order valence-electron chi connectivity index (χ3n) is 7.11. The fourth-order valence-corrected chi connectivity index (χ4v) is 4.70. The fourth-order valence-electron chi connectivity index (χ4n) is 4.70. The number of esters is 2. The van der Waals surface area contributed by atoms with E-state index < -0.39 is 60.4 Å². The number of methoxy groups -OCH3 is 1. The molecule has 0 saturated heterocycles. The quantitative estimate of drug-likeness (QED) is 0.168. The third kappa shape index (κ3) is 7.50. The highest BCUT2D eigenvalue weighted by Gasteiger charge is 2.51. The molecule has 3 atom stereocenters. The fraction of sp³-hybridized carbons (Fsp3) is 0.212. The Balaban J connectivity index is 1.77. The van der Waals surface area contributed by atoms with Gasteiger partial charge in [-0.25, -0.2) is 9.59 Å². The summed E-state index contributed by atoms with van der Waals surface area (Å²) in [5.41, 5.74) is 3.73. The average Bonchev–Trinajstić information content (AvgIpc) is 3.06. The highest BCUT2D eigenvalue weighted by Crippen LogP contribution is 2.27. The Labute approximate surface area is 261 Å². The normalized spacial score (nSPS) is 14.0. The number of halogens is 3. The summed E-state index contributed by atoms with van der Waals surface area (Å²) in [6.07, 6.45) is -8.73. The molecule has 0 radical (unpaired) electrons. The smallest absolute Gasteiger partial charge is 0.416 e. The van der Waals surface area contributed by atoms with Crippen molar-refractivity contribution in [1.29, 1.82) is 0 Å². The number of ether oxygens (including phenoxy) is 2. The Morgan fingerprint density at radius 1 is 0.870 bits per heavy atom. The first-order valence-electron chi connectivity index (χ1n) is 13.9. The molecule has 4 aromatic rings. The van der Waals surface area contributed by atoms with Crippen LogP contribution in [0.2, 0.25) is 0 Å². The summed E-state index contributed by atoms with van der Waals surface area (Å²) in [5, 5.41) is 12.3. The Bertz CT molecular complexity index is 1730. The summed E-state index contributed by atoms with van der Waals surface area (Å²) in [7, 11) is 1.21. The van der Waals surface area contributed by atoms with Gasteiger partial charge in [-0.3, -0.25) is 19.9 Å². The first-order valence-corrected chi connectivity index (χ1v) is 13.9. The summed E-state index contributed by atoms with van der Waals surface area (Å²) < 4.78 is 52.0. The molecular weight excluding hydrogens is 607 g/mol. The van der Waals surface area contributed by atoms with Crippen LogP contribution in [0.25, 0.3) is 11.3 Å². The van der Waals surface area contributed by atoms with Crippen LogP contribution in [0.3, 0.4) is 0 Å². The van der Waals surface area contributed by atoms with Crippen molar-refractivity contribution in [1.82, 2.24) is 9.88 Å². The van der Waals surface area contributed by atoms with E-state index in [-0.39, 0.29) is 11.3 Å². The van der Waals surface area contributed by atoms with Crippen LogP contribution in [0, 0.1) is 0 Å². The average molecular weight is 638 g/mol. The number of aromatic nitrogens is 1. The number of hydrogen-bond acceptors (Lipinski definition) is 8. The van der Waals surface area contributed by atoms with Crippen molar-refractivity contribution < 1.29 is 42.1 Å². The van der Waals surface area contributed by atoms with E-state index in [9.17, 15) is 37.5 Å². The van der Waals surface area contributed by atoms with Gasteiger partial charge in [0.2, 0.25) is 0 Å². The van der Waals surface area contributed by atoms with Crippen LogP contribution in [0.15, 0.2) is 108 Å². The lowest BCUT2D eigenvalue weighted by Gasteiger charge is -2.33. The largest absolute Gasteiger partial charge is 0.465 e. The number of alkyl halides is 3. The zero-order valence-corrected chi connectivity index (χ0v) is 24.4. The van der Waals surface area contributed by atoms with Crippen LogP contribution in [0.4, 0.5) is 13.2 Å². The van der Waals surface area contributed by atoms with Gasteiger partial charge in [0.25, 0.3) is 17.1 Å². The minimum Gasteiger partial charge on any atom is -0.465 e. The molecule has 46 heavy (non-hydrogen) atoms. The third-order valence-corrected chi connectivity index (χ3v) is 7.11. The number of nitrogens with zero attached hydrogens (tertiary/aromatic N) is 1. The molecule has 0 spiro atoms. The number of amides is 1. The van der Waals surface area contributed by atoms with Gasteiger partial charge in [0.05, 0.1) is 24.4 Å². The van der Waals surface area contributed by atoms with Crippen molar-refractivity contribution in [2.45, 2.75) is 37.0 Å². The number of aliphatic hydroxyl groups excluding tert-OH is 1. The summed E-state index contributed by atoms with van der Waals surface area (Å²) >= 11 is 0. The van der Waals surface area contributed by atoms with Gasteiger partial charge in [0.15, 0.2) is 6.10 Å². The zero-order chi connectivity index (χ0) is 33.5. The highest BCUT2D eigenvalue weighted by atomic mass is 19.4. The molecule has 13 heteroatoms. The van der Waals surface area contributed by atoms with E-state index in [2.05, 4.69) is 10.1 Å². The monoisotopic (exact) mass is 637 g/mol. The molecule has 10 nitrogen and oxygen atoms in total. The number of nitrogens with one attached hydrogen (secondary N) is 1. The van der Waals surface area contributed by atoms with E-state index >= 15 is 0 Å². The molecule has 0 bridgehead atoms. The van der Waals surface area contributed by atoms with Gasteiger partial charge < -0.3 is 19.9 Å². The van der Waals surface area contributed by atoms with Crippen LogP contribution >= 0.6 is 0 Å². The maximum atomic E-state index is 14.0. The van der Waals surface area contributed by atoms with Gasteiger partial charge in [-0.15, -0.1) is 0 Å². The van der Waals surface area contributed by atoms with Gasteiger partial charge in [-0.1, -0.05) is 78.9 Å². The van der Waals surface area contributed by atoms with Crippen molar-refractivity contribution in [3.63, 3.8) is 0 Å². The van der Waals surface area contributed by atoms with Crippen molar-refractivity contribution in [3.05, 3.63) is 130 Å². The molecular formula is C33H30F3N3O7. The number of hydrogen-bond donors (Lipinski definition) is 3. The minimum atomic E-state index is -5.17. The molecule has 0 aliphatic heterocycles. The Kier molecular flexibility index (Phi) is 10.4. The Hall–Kier alpha value is -5.27. The number of benzene rings is 3. The van der Waals surface area contributed by atoms with Crippen LogP contribution in [0.1, 0.15) is 21.5 Å². The van der Waals surface area contributed by atoms with Gasteiger partial charge >= 0.3 is 18.1 Å². The number of carbonyl (C=O) groups is 3. The van der Waals surface area contributed by atoms with E-state index in [4.69, 9.17) is 10.5 Å². The second kappa shape index (κ2) is 14.2. The molecule has 1 heterocycles. The lowest BCUT2D eigenvalue weighted by molar-refractivity contribution is -0.212. The molecule has 1 amide bonds. The van der Waals surface area contributed by atoms with Crippen molar-refractivity contribution in [2.75, 3.05) is 7.11 Å². The summed E-state index contributed by atoms with van der Waals surface area (Å²) in [6.45, 7) is -0.493. The van der Waals surface area contributed by atoms with Crippen LogP contribution in [-0.4, -0.2) is 53.0 Å². The minimum absolute atomic E-state index is 0.0129. The van der Waals surface area contributed by atoms with E-state index in [1.807, 2.05) is 0 Å². The van der Waals surface area contributed by atoms with Crippen LogP contribution < -0.4 is 16.6 Å². The maximum absolute atomic E-state index is 14.0. The lowest BCUT2D eigenvalue weighted by Crippen LogP contribution is -2.67.